The maximum Gasteiger partial charge on any atom is 0.0471 e. The summed E-state index contributed by atoms with van der Waals surface area (Å²) in [6.45, 7) is 4.40. The zero-order valence-electron chi connectivity index (χ0n) is 10.4. The van der Waals surface area contributed by atoms with Crippen LogP contribution in [0, 0.1) is 10.5 Å². The Morgan fingerprint density at radius 3 is 2.50 bits per heavy atom. The number of benzene rings is 1. The van der Waals surface area contributed by atoms with Crippen LogP contribution in [0.15, 0.2) is 42.7 Å². The number of rotatable bonds is 3. The lowest BCUT2D eigenvalue weighted by Gasteiger charge is -2.21. The molecule has 0 fully saturated rings. The Balaban J connectivity index is 2.31. The quantitative estimate of drug-likeness (QED) is 0.493. The molecule has 1 aromatic carbocycles. The van der Waals surface area contributed by atoms with Crippen LogP contribution in [-0.4, -0.2) is 4.98 Å². The molecule has 0 bridgehead atoms. The van der Waals surface area contributed by atoms with Gasteiger partial charge in [0.25, 0.3) is 0 Å². The number of hydrogen-bond acceptors (Lipinski definition) is 1. The number of aromatic nitrogens is 1. The summed E-state index contributed by atoms with van der Waals surface area (Å²) in [6, 6.07) is 10.7. The van der Waals surface area contributed by atoms with Crippen molar-refractivity contribution in [1.29, 1.82) is 0 Å². The van der Waals surface area contributed by atoms with Gasteiger partial charge in [-0.05, 0) is 64.3 Å². The second-order valence-electron chi connectivity index (χ2n) is 4.45. The molecule has 1 heterocycles. The number of aryl methyl sites for hydroxylation is 1. The lowest BCUT2D eigenvalue weighted by atomic mass is 9.94. The van der Waals surface area contributed by atoms with Crippen molar-refractivity contribution in [2.45, 2.75) is 24.6 Å². The number of halogens is 2. The molecule has 0 saturated heterocycles. The third-order valence-corrected chi connectivity index (χ3v) is 5.95. The lowest BCUT2D eigenvalue weighted by molar-refractivity contribution is 0.746. The fraction of sp³-hybridized carbons (Fsp3) is 0.267. The van der Waals surface area contributed by atoms with Crippen molar-refractivity contribution in [2.75, 3.05) is 0 Å². The van der Waals surface area contributed by atoms with Gasteiger partial charge in [0.05, 0.1) is 0 Å². The minimum atomic E-state index is 0.326. The van der Waals surface area contributed by atoms with Crippen molar-refractivity contribution >= 4 is 38.5 Å². The summed E-state index contributed by atoms with van der Waals surface area (Å²) in [5.41, 5.74) is 4.00. The third-order valence-electron chi connectivity index (χ3n) is 3.19. The number of hydrogen-bond donors (Lipinski definition) is 0. The van der Waals surface area contributed by atoms with Gasteiger partial charge >= 0.3 is 0 Å². The molecular formula is C15H15BrIN. The largest absolute Gasteiger partial charge is 0.265 e. The number of alkyl halides is 1. The van der Waals surface area contributed by atoms with Crippen LogP contribution in [0.2, 0.25) is 0 Å². The normalized spacial score (nSPS) is 14.2. The molecule has 0 aliphatic heterocycles. The van der Waals surface area contributed by atoms with E-state index in [1.165, 1.54) is 20.3 Å². The smallest absolute Gasteiger partial charge is 0.0471 e. The highest BCUT2D eigenvalue weighted by molar-refractivity contribution is 14.1. The molecule has 2 rings (SSSR count). The Morgan fingerprint density at radius 1 is 1.17 bits per heavy atom. The van der Waals surface area contributed by atoms with E-state index in [1.807, 2.05) is 12.4 Å². The lowest BCUT2D eigenvalue weighted by Crippen LogP contribution is -2.04. The molecule has 2 unspecified atom stereocenters. The second kappa shape index (κ2) is 6.15. The van der Waals surface area contributed by atoms with Crippen molar-refractivity contribution < 1.29 is 0 Å². The summed E-state index contributed by atoms with van der Waals surface area (Å²) in [6.07, 6.45) is 3.71. The Kier molecular flexibility index (Phi) is 4.78. The summed E-state index contributed by atoms with van der Waals surface area (Å²) in [5.74, 6) is 0.420. The van der Waals surface area contributed by atoms with E-state index in [-0.39, 0.29) is 0 Å². The van der Waals surface area contributed by atoms with Crippen LogP contribution < -0.4 is 0 Å². The Bertz CT molecular complexity index is 527. The van der Waals surface area contributed by atoms with Crippen molar-refractivity contribution in [2.24, 2.45) is 0 Å². The molecule has 3 heteroatoms. The zero-order chi connectivity index (χ0) is 13.1. The van der Waals surface area contributed by atoms with Gasteiger partial charge in [0.15, 0.2) is 0 Å². The fourth-order valence-corrected chi connectivity index (χ4v) is 3.80. The van der Waals surface area contributed by atoms with Gasteiger partial charge in [0, 0.05) is 20.8 Å². The maximum absolute atomic E-state index is 4.07. The second-order valence-corrected chi connectivity index (χ2v) is 6.51. The number of pyridine rings is 1. The first kappa shape index (κ1) is 14.0. The standard InChI is InChI=1S/C15H15BrIN/c1-10-4-3-5-13(15(10)17)14(16)11(2)12-6-8-18-9-7-12/h3-9,11,14H,1-2H3. The summed E-state index contributed by atoms with van der Waals surface area (Å²) >= 11 is 6.28. The van der Waals surface area contributed by atoms with E-state index in [0.29, 0.717) is 10.7 Å². The molecule has 0 aliphatic carbocycles. The van der Waals surface area contributed by atoms with Crippen molar-refractivity contribution in [3.8, 4) is 0 Å². The van der Waals surface area contributed by atoms with Crippen molar-refractivity contribution in [3.05, 3.63) is 63.0 Å². The van der Waals surface area contributed by atoms with E-state index in [1.54, 1.807) is 0 Å². The predicted octanol–water partition coefficient (Wildman–Crippen LogP) is 5.23. The maximum atomic E-state index is 4.07. The summed E-state index contributed by atoms with van der Waals surface area (Å²) in [4.78, 5) is 4.40. The Morgan fingerprint density at radius 2 is 1.83 bits per heavy atom. The molecule has 0 amide bonds. The van der Waals surface area contributed by atoms with Crippen LogP contribution >= 0.6 is 38.5 Å². The van der Waals surface area contributed by atoms with Crippen molar-refractivity contribution in [3.63, 3.8) is 0 Å². The van der Waals surface area contributed by atoms with Crippen LogP contribution in [-0.2, 0) is 0 Å². The van der Waals surface area contributed by atoms with Gasteiger partial charge in [-0.25, -0.2) is 0 Å². The van der Waals surface area contributed by atoms with Crippen LogP contribution in [0.3, 0.4) is 0 Å². The molecule has 0 spiro atoms. The third kappa shape index (κ3) is 2.94. The highest BCUT2D eigenvalue weighted by atomic mass is 127. The molecular weight excluding hydrogens is 401 g/mol. The Hall–Kier alpha value is -0.420. The van der Waals surface area contributed by atoms with Gasteiger partial charge < -0.3 is 0 Å². The molecule has 0 N–H and O–H groups in total. The molecule has 0 radical (unpaired) electrons. The van der Waals surface area contributed by atoms with E-state index in [2.05, 4.69) is 87.7 Å². The zero-order valence-corrected chi connectivity index (χ0v) is 14.1. The highest BCUT2D eigenvalue weighted by Crippen LogP contribution is 2.39. The van der Waals surface area contributed by atoms with Crippen LogP contribution in [0.5, 0.6) is 0 Å². The Labute approximate surface area is 130 Å². The topological polar surface area (TPSA) is 12.9 Å². The van der Waals surface area contributed by atoms with Gasteiger partial charge in [0.2, 0.25) is 0 Å². The fourth-order valence-electron chi connectivity index (χ4n) is 1.99. The minimum Gasteiger partial charge on any atom is -0.265 e. The molecule has 18 heavy (non-hydrogen) atoms. The number of nitrogens with zero attached hydrogens (tertiary/aromatic N) is 1. The van der Waals surface area contributed by atoms with Gasteiger partial charge in [-0.1, -0.05) is 41.1 Å². The predicted molar refractivity (Wildman–Crippen MR) is 88.2 cm³/mol. The molecule has 1 nitrogen and oxygen atoms in total. The average Bonchev–Trinajstić information content (AvgIpc) is 2.41. The van der Waals surface area contributed by atoms with E-state index >= 15 is 0 Å². The molecule has 94 valence electrons. The summed E-state index contributed by atoms with van der Waals surface area (Å²) in [5, 5.41) is 0. The highest BCUT2D eigenvalue weighted by Gasteiger charge is 2.20. The molecule has 0 aliphatic rings. The van der Waals surface area contributed by atoms with Gasteiger partial charge in [-0.15, -0.1) is 0 Å². The summed E-state index contributed by atoms with van der Waals surface area (Å²) < 4.78 is 1.35. The van der Waals surface area contributed by atoms with E-state index in [0.717, 1.165) is 0 Å². The van der Waals surface area contributed by atoms with Gasteiger partial charge in [-0.3, -0.25) is 4.98 Å². The van der Waals surface area contributed by atoms with Crippen LogP contribution in [0.1, 0.15) is 34.4 Å². The van der Waals surface area contributed by atoms with Crippen LogP contribution in [0.25, 0.3) is 0 Å². The van der Waals surface area contributed by atoms with Crippen LogP contribution in [0.4, 0.5) is 0 Å². The van der Waals surface area contributed by atoms with Gasteiger partial charge in [0.1, 0.15) is 0 Å². The average molecular weight is 416 g/mol. The van der Waals surface area contributed by atoms with Gasteiger partial charge in [-0.2, -0.15) is 0 Å². The molecule has 0 saturated carbocycles. The SMILES string of the molecule is Cc1cccc(C(Br)C(C)c2ccncc2)c1I. The molecule has 2 aromatic rings. The first-order valence-electron chi connectivity index (χ1n) is 5.90. The first-order chi connectivity index (χ1) is 8.61. The van der Waals surface area contributed by atoms with Crippen molar-refractivity contribution in [1.82, 2.24) is 4.98 Å². The minimum absolute atomic E-state index is 0.326. The molecule has 1 aromatic heterocycles. The van der Waals surface area contributed by atoms with E-state index in [4.69, 9.17) is 0 Å². The summed E-state index contributed by atoms with van der Waals surface area (Å²) in [7, 11) is 0. The molecule has 2 atom stereocenters. The monoisotopic (exact) mass is 415 g/mol. The first-order valence-corrected chi connectivity index (χ1v) is 7.89. The van der Waals surface area contributed by atoms with E-state index in [9.17, 15) is 0 Å². The van der Waals surface area contributed by atoms with E-state index < -0.39 is 0 Å².